The van der Waals surface area contributed by atoms with Gasteiger partial charge in [0, 0.05) is 19.0 Å². The van der Waals surface area contributed by atoms with Crippen LogP contribution in [0.1, 0.15) is 53.0 Å². The number of hydrogen-bond donors (Lipinski definition) is 1. The standard InChI is InChI=1S/C30H39N3O3/c1-21(2)34-28-13-7-24(8-14-28)25-19-32(26-9-15-29(16-10-26)35-22(3)4)31-33(20-25)27-11-17-30(18-12-27)36-23(5)6/h7-18,21-23,25,31H,19-20H2,1-6H3. The van der Waals surface area contributed by atoms with Crippen molar-refractivity contribution in [1.29, 1.82) is 0 Å². The number of hydrogen-bond acceptors (Lipinski definition) is 6. The van der Waals surface area contributed by atoms with Gasteiger partial charge in [-0.05, 0) is 108 Å². The van der Waals surface area contributed by atoms with E-state index in [1.54, 1.807) is 0 Å². The number of benzene rings is 3. The normalized spacial score (nSPS) is 14.6. The van der Waals surface area contributed by atoms with Gasteiger partial charge in [0.05, 0.1) is 29.7 Å². The number of ether oxygens (including phenoxy) is 3. The molecule has 6 nitrogen and oxygen atoms in total. The fourth-order valence-corrected chi connectivity index (χ4v) is 4.31. The van der Waals surface area contributed by atoms with Crippen LogP contribution in [-0.2, 0) is 0 Å². The summed E-state index contributed by atoms with van der Waals surface area (Å²) in [6.07, 6.45) is 0.453. The Hall–Kier alpha value is -3.38. The molecule has 0 amide bonds. The average Bonchev–Trinajstić information content (AvgIpc) is 2.84. The molecule has 1 aliphatic rings. The molecule has 0 radical (unpaired) electrons. The molecule has 1 aliphatic heterocycles. The maximum Gasteiger partial charge on any atom is 0.119 e. The molecule has 1 N–H and O–H groups in total. The summed E-state index contributed by atoms with van der Waals surface area (Å²) in [7, 11) is 0. The van der Waals surface area contributed by atoms with E-state index in [9.17, 15) is 0 Å². The molecular weight excluding hydrogens is 450 g/mol. The molecule has 36 heavy (non-hydrogen) atoms. The molecule has 1 fully saturated rings. The van der Waals surface area contributed by atoms with E-state index in [1.165, 1.54) is 5.56 Å². The molecule has 4 rings (SSSR count). The number of hydrazine groups is 2. The van der Waals surface area contributed by atoms with Gasteiger partial charge in [-0.1, -0.05) is 12.1 Å². The van der Waals surface area contributed by atoms with Crippen LogP contribution in [-0.4, -0.2) is 31.4 Å². The lowest BCUT2D eigenvalue weighted by molar-refractivity contribution is 0.242. The van der Waals surface area contributed by atoms with E-state index in [4.69, 9.17) is 14.2 Å². The second-order valence-electron chi connectivity index (χ2n) is 10.1. The molecule has 0 spiro atoms. The first kappa shape index (κ1) is 25.7. The van der Waals surface area contributed by atoms with E-state index >= 15 is 0 Å². The molecule has 0 aromatic heterocycles. The smallest absolute Gasteiger partial charge is 0.119 e. The maximum atomic E-state index is 5.86. The highest BCUT2D eigenvalue weighted by Gasteiger charge is 2.27. The average molecular weight is 490 g/mol. The van der Waals surface area contributed by atoms with Crippen molar-refractivity contribution in [3.05, 3.63) is 78.4 Å². The van der Waals surface area contributed by atoms with Crippen LogP contribution >= 0.6 is 0 Å². The van der Waals surface area contributed by atoms with Crippen LogP contribution in [0.2, 0.25) is 0 Å². The summed E-state index contributed by atoms with van der Waals surface area (Å²) in [6, 6.07) is 25.0. The van der Waals surface area contributed by atoms with Gasteiger partial charge in [0.25, 0.3) is 0 Å². The lowest BCUT2D eigenvalue weighted by Crippen LogP contribution is -2.58. The third-order valence-electron chi connectivity index (χ3n) is 5.81. The van der Waals surface area contributed by atoms with E-state index in [-0.39, 0.29) is 24.2 Å². The van der Waals surface area contributed by atoms with Crippen LogP contribution in [0.4, 0.5) is 11.4 Å². The van der Waals surface area contributed by atoms with Gasteiger partial charge in [0.15, 0.2) is 0 Å². The van der Waals surface area contributed by atoms with E-state index in [2.05, 4.69) is 64.1 Å². The van der Waals surface area contributed by atoms with Gasteiger partial charge in [-0.3, -0.25) is 10.0 Å². The summed E-state index contributed by atoms with van der Waals surface area (Å²) in [5.74, 6) is 2.94. The predicted octanol–water partition coefficient (Wildman–Crippen LogP) is 6.58. The summed E-state index contributed by atoms with van der Waals surface area (Å²) in [5.41, 5.74) is 7.05. The van der Waals surface area contributed by atoms with Gasteiger partial charge >= 0.3 is 0 Å². The molecule has 0 saturated carbocycles. The van der Waals surface area contributed by atoms with Gasteiger partial charge in [-0.25, -0.2) is 0 Å². The van der Waals surface area contributed by atoms with Crippen molar-refractivity contribution < 1.29 is 14.2 Å². The van der Waals surface area contributed by atoms with Crippen molar-refractivity contribution in [2.75, 3.05) is 23.1 Å². The Morgan fingerprint density at radius 1 is 0.556 bits per heavy atom. The van der Waals surface area contributed by atoms with Gasteiger partial charge in [-0.15, -0.1) is 5.53 Å². The first-order valence-corrected chi connectivity index (χ1v) is 12.9. The van der Waals surface area contributed by atoms with Crippen LogP contribution in [0.3, 0.4) is 0 Å². The molecule has 3 aromatic carbocycles. The van der Waals surface area contributed by atoms with Crippen molar-refractivity contribution in [1.82, 2.24) is 5.53 Å². The Bertz CT molecular complexity index is 932. The summed E-state index contributed by atoms with van der Waals surface area (Å²) >= 11 is 0. The fraction of sp³-hybridized carbons (Fsp3) is 0.400. The highest BCUT2D eigenvalue weighted by Crippen LogP contribution is 2.30. The lowest BCUT2D eigenvalue weighted by Gasteiger charge is -2.43. The number of rotatable bonds is 9. The Labute approximate surface area is 215 Å². The van der Waals surface area contributed by atoms with Crippen LogP contribution in [0.25, 0.3) is 0 Å². The molecule has 0 bridgehead atoms. The zero-order valence-corrected chi connectivity index (χ0v) is 22.3. The monoisotopic (exact) mass is 489 g/mol. The topological polar surface area (TPSA) is 46.2 Å². The van der Waals surface area contributed by atoms with Crippen molar-refractivity contribution in [2.45, 2.75) is 65.8 Å². The van der Waals surface area contributed by atoms with E-state index in [1.807, 2.05) is 65.8 Å². The minimum atomic E-state index is 0.147. The minimum absolute atomic E-state index is 0.147. The van der Waals surface area contributed by atoms with Crippen LogP contribution in [0.15, 0.2) is 72.8 Å². The second kappa shape index (κ2) is 11.6. The maximum absolute atomic E-state index is 5.86. The van der Waals surface area contributed by atoms with Gasteiger partial charge in [0.2, 0.25) is 0 Å². The predicted molar refractivity (Wildman–Crippen MR) is 147 cm³/mol. The Morgan fingerprint density at radius 2 is 0.889 bits per heavy atom. The number of anilines is 2. The molecule has 6 heteroatoms. The Morgan fingerprint density at radius 3 is 1.22 bits per heavy atom. The largest absolute Gasteiger partial charge is 0.491 e. The van der Waals surface area contributed by atoms with E-state index in [0.717, 1.165) is 41.7 Å². The van der Waals surface area contributed by atoms with Gasteiger partial charge in [0.1, 0.15) is 17.2 Å². The van der Waals surface area contributed by atoms with E-state index < -0.39 is 0 Å². The zero-order valence-electron chi connectivity index (χ0n) is 22.3. The fourth-order valence-electron chi connectivity index (χ4n) is 4.31. The van der Waals surface area contributed by atoms with Crippen LogP contribution < -0.4 is 29.8 Å². The third-order valence-corrected chi connectivity index (χ3v) is 5.81. The quantitative estimate of drug-likeness (QED) is 0.366. The molecule has 3 aromatic rings. The highest BCUT2D eigenvalue weighted by atomic mass is 16.5. The summed E-state index contributed by atoms with van der Waals surface area (Å²) < 4.78 is 17.5. The molecule has 0 unspecified atom stereocenters. The molecule has 0 aliphatic carbocycles. The first-order chi connectivity index (χ1) is 17.3. The molecule has 0 atom stereocenters. The number of nitrogens with zero attached hydrogens (tertiary/aromatic N) is 2. The Balaban J connectivity index is 1.58. The Kier molecular flexibility index (Phi) is 8.26. The summed E-state index contributed by atoms with van der Waals surface area (Å²) in [4.78, 5) is 0. The second-order valence-corrected chi connectivity index (χ2v) is 10.1. The molecule has 192 valence electrons. The molecular formula is C30H39N3O3. The third kappa shape index (κ3) is 6.85. The summed E-state index contributed by atoms with van der Waals surface area (Å²) in [5, 5.41) is 4.40. The van der Waals surface area contributed by atoms with E-state index in [0.29, 0.717) is 0 Å². The van der Waals surface area contributed by atoms with Crippen LogP contribution in [0.5, 0.6) is 17.2 Å². The van der Waals surface area contributed by atoms with Crippen molar-refractivity contribution in [2.24, 2.45) is 0 Å². The van der Waals surface area contributed by atoms with Crippen molar-refractivity contribution in [3.63, 3.8) is 0 Å². The van der Waals surface area contributed by atoms with Crippen molar-refractivity contribution >= 4 is 11.4 Å². The molecule has 1 heterocycles. The minimum Gasteiger partial charge on any atom is -0.491 e. The van der Waals surface area contributed by atoms with Gasteiger partial charge in [-0.2, -0.15) is 0 Å². The number of nitrogens with one attached hydrogen (secondary N) is 1. The van der Waals surface area contributed by atoms with Crippen LogP contribution in [0, 0.1) is 0 Å². The first-order valence-electron chi connectivity index (χ1n) is 12.9. The SMILES string of the molecule is CC(C)Oc1ccc(C2CN(c3ccc(OC(C)C)cc3)NN(c3ccc(OC(C)C)cc3)C2)cc1. The van der Waals surface area contributed by atoms with Crippen molar-refractivity contribution in [3.8, 4) is 17.2 Å². The zero-order chi connectivity index (χ0) is 25.7. The van der Waals surface area contributed by atoms with Gasteiger partial charge < -0.3 is 14.2 Å². The lowest BCUT2D eigenvalue weighted by atomic mass is 9.97. The summed E-state index contributed by atoms with van der Waals surface area (Å²) in [6.45, 7) is 13.9. The highest BCUT2D eigenvalue weighted by molar-refractivity contribution is 5.54. The molecule has 1 saturated heterocycles.